The van der Waals surface area contributed by atoms with E-state index in [0.717, 1.165) is 32.0 Å². The molecule has 3 rings (SSSR count). The van der Waals surface area contributed by atoms with Crippen molar-refractivity contribution in [1.82, 2.24) is 15.5 Å². The molecule has 0 bridgehead atoms. The minimum atomic E-state index is -4.38. The van der Waals surface area contributed by atoms with Gasteiger partial charge in [-0.1, -0.05) is 23.4 Å². The van der Waals surface area contributed by atoms with Crippen LogP contribution in [0, 0.1) is 0 Å². The van der Waals surface area contributed by atoms with E-state index in [-0.39, 0.29) is 23.8 Å². The van der Waals surface area contributed by atoms with Crippen LogP contribution in [-0.2, 0) is 12.6 Å². The Morgan fingerprint density at radius 2 is 2.09 bits per heavy atom. The Labute approximate surface area is 125 Å². The first-order valence-corrected chi connectivity index (χ1v) is 7.22. The number of alkyl halides is 3. The fourth-order valence-electron chi connectivity index (χ4n) is 2.69. The lowest BCUT2D eigenvalue weighted by atomic mass is 9.99. The number of hydrogen-bond acceptors (Lipinski definition) is 4. The molecule has 4 nitrogen and oxygen atoms in total. The number of benzene rings is 1. The third kappa shape index (κ3) is 3.30. The molecule has 1 aromatic carbocycles. The lowest BCUT2D eigenvalue weighted by molar-refractivity contribution is -0.138. The Bertz CT molecular complexity index is 633. The predicted octanol–water partition coefficient (Wildman–Crippen LogP) is 3.15. The molecule has 1 aliphatic rings. The molecule has 1 aromatic heterocycles. The maximum Gasteiger partial charge on any atom is 0.416 e. The van der Waals surface area contributed by atoms with Gasteiger partial charge in [-0.3, -0.25) is 0 Å². The van der Waals surface area contributed by atoms with Crippen molar-refractivity contribution in [2.45, 2.75) is 31.4 Å². The summed E-state index contributed by atoms with van der Waals surface area (Å²) >= 11 is 0. The van der Waals surface area contributed by atoms with E-state index in [9.17, 15) is 13.2 Å². The van der Waals surface area contributed by atoms with Gasteiger partial charge in [0.2, 0.25) is 5.89 Å². The monoisotopic (exact) mass is 311 g/mol. The van der Waals surface area contributed by atoms with Crippen LogP contribution >= 0.6 is 0 Å². The van der Waals surface area contributed by atoms with Crippen LogP contribution in [0.5, 0.6) is 0 Å². The molecule has 0 amide bonds. The summed E-state index contributed by atoms with van der Waals surface area (Å²) in [4.78, 5) is 4.27. The van der Waals surface area contributed by atoms with Gasteiger partial charge >= 0.3 is 6.18 Å². The second kappa shape index (κ2) is 6.08. The van der Waals surface area contributed by atoms with Crippen molar-refractivity contribution >= 4 is 0 Å². The molecule has 1 atom stereocenters. The Kier molecular flexibility index (Phi) is 4.15. The minimum Gasteiger partial charge on any atom is -0.339 e. The Hall–Kier alpha value is -1.89. The van der Waals surface area contributed by atoms with Crippen LogP contribution in [0.25, 0.3) is 0 Å². The van der Waals surface area contributed by atoms with Crippen LogP contribution in [0.4, 0.5) is 13.2 Å². The number of nitrogens with zero attached hydrogens (tertiary/aromatic N) is 2. The molecule has 1 N–H and O–H groups in total. The highest BCUT2D eigenvalue weighted by Crippen LogP contribution is 2.32. The smallest absolute Gasteiger partial charge is 0.339 e. The van der Waals surface area contributed by atoms with Crippen molar-refractivity contribution in [3.63, 3.8) is 0 Å². The first-order chi connectivity index (χ1) is 10.5. The van der Waals surface area contributed by atoms with Gasteiger partial charge in [-0.05, 0) is 31.0 Å². The number of piperidine rings is 1. The molecule has 0 saturated carbocycles. The summed E-state index contributed by atoms with van der Waals surface area (Å²) in [6, 6.07) is 5.46. The average molecular weight is 311 g/mol. The summed E-state index contributed by atoms with van der Waals surface area (Å²) in [5.74, 6) is 0.966. The standard InChI is InChI=1S/C15H16F3N3O/c16-15(17,18)12-6-2-1-4-10(12)8-13-20-14(21-22-13)11-5-3-7-19-9-11/h1-2,4,6,11,19H,3,5,7-9H2. The Morgan fingerprint density at radius 1 is 1.27 bits per heavy atom. The largest absolute Gasteiger partial charge is 0.416 e. The summed E-state index contributed by atoms with van der Waals surface area (Å²) in [7, 11) is 0. The second-order valence-electron chi connectivity index (χ2n) is 5.42. The fourth-order valence-corrected chi connectivity index (χ4v) is 2.69. The third-order valence-corrected chi connectivity index (χ3v) is 3.81. The Morgan fingerprint density at radius 3 is 2.82 bits per heavy atom. The second-order valence-corrected chi connectivity index (χ2v) is 5.42. The number of nitrogens with one attached hydrogen (secondary N) is 1. The molecule has 0 spiro atoms. The van der Waals surface area contributed by atoms with Gasteiger partial charge < -0.3 is 9.84 Å². The van der Waals surface area contributed by atoms with Gasteiger partial charge in [-0.15, -0.1) is 0 Å². The van der Waals surface area contributed by atoms with Crippen LogP contribution < -0.4 is 5.32 Å². The molecule has 1 fully saturated rings. The van der Waals surface area contributed by atoms with Crippen molar-refractivity contribution in [3.05, 3.63) is 47.1 Å². The van der Waals surface area contributed by atoms with Gasteiger partial charge in [0.15, 0.2) is 5.82 Å². The van der Waals surface area contributed by atoms with E-state index in [0.29, 0.717) is 5.82 Å². The van der Waals surface area contributed by atoms with E-state index >= 15 is 0 Å². The van der Waals surface area contributed by atoms with Crippen molar-refractivity contribution < 1.29 is 17.7 Å². The van der Waals surface area contributed by atoms with Gasteiger partial charge in [0.05, 0.1) is 12.0 Å². The van der Waals surface area contributed by atoms with Gasteiger partial charge in [0.1, 0.15) is 0 Å². The number of rotatable bonds is 3. The molecule has 2 heterocycles. The number of halogens is 3. The molecule has 2 aromatic rings. The van der Waals surface area contributed by atoms with Crippen molar-refractivity contribution in [1.29, 1.82) is 0 Å². The maximum atomic E-state index is 13.0. The summed E-state index contributed by atoms with van der Waals surface area (Å²) in [6.45, 7) is 1.75. The zero-order valence-electron chi connectivity index (χ0n) is 11.9. The number of hydrogen-bond donors (Lipinski definition) is 1. The van der Waals surface area contributed by atoms with Gasteiger partial charge in [-0.25, -0.2) is 0 Å². The molecule has 1 saturated heterocycles. The van der Waals surface area contributed by atoms with Crippen LogP contribution in [0.2, 0.25) is 0 Å². The lowest BCUT2D eigenvalue weighted by Gasteiger charge is -2.19. The molecular weight excluding hydrogens is 295 g/mol. The highest BCUT2D eigenvalue weighted by molar-refractivity contribution is 5.31. The normalized spacial score (nSPS) is 19.3. The summed E-state index contributed by atoms with van der Waals surface area (Å²) in [5, 5.41) is 7.17. The van der Waals surface area contributed by atoms with Gasteiger partial charge in [-0.2, -0.15) is 18.2 Å². The topological polar surface area (TPSA) is 51.0 Å². The van der Waals surface area contributed by atoms with E-state index in [1.165, 1.54) is 12.1 Å². The minimum absolute atomic E-state index is 0.0111. The fraction of sp³-hybridized carbons (Fsp3) is 0.467. The van der Waals surface area contributed by atoms with Gasteiger partial charge in [0.25, 0.3) is 0 Å². The highest BCUT2D eigenvalue weighted by Gasteiger charge is 2.33. The molecule has 1 aliphatic heterocycles. The quantitative estimate of drug-likeness (QED) is 0.946. The lowest BCUT2D eigenvalue weighted by Crippen LogP contribution is -2.28. The van der Waals surface area contributed by atoms with Crippen LogP contribution in [0.3, 0.4) is 0 Å². The first kappa shape index (κ1) is 15.0. The van der Waals surface area contributed by atoms with Gasteiger partial charge in [0, 0.05) is 12.5 Å². The van der Waals surface area contributed by atoms with E-state index in [1.54, 1.807) is 6.07 Å². The predicted molar refractivity (Wildman–Crippen MR) is 73.4 cm³/mol. The maximum absolute atomic E-state index is 13.0. The average Bonchev–Trinajstić information content (AvgIpc) is 2.96. The molecule has 118 valence electrons. The summed E-state index contributed by atoms with van der Waals surface area (Å²) < 4.78 is 44.0. The summed E-state index contributed by atoms with van der Waals surface area (Å²) in [6.07, 6.45) is -2.40. The van der Waals surface area contributed by atoms with Crippen LogP contribution in [0.1, 0.15) is 41.6 Å². The molecule has 22 heavy (non-hydrogen) atoms. The molecule has 0 radical (unpaired) electrons. The van der Waals surface area contributed by atoms with Crippen LogP contribution in [0.15, 0.2) is 28.8 Å². The van der Waals surface area contributed by atoms with Crippen LogP contribution in [-0.4, -0.2) is 23.2 Å². The summed E-state index contributed by atoms with van der Waals surface area (Å²) in [5.41, 5.74) is -0.513. The Balaban J connectivity index is 1.78. The molecular formula is C15H16F3N3O. The first-order valence-electron chi connectivity index (χ1n) is 7.22. The van der Waals surface area contributed by atoms with Crippen molar-refractivity contribution in [2.24, 2.45) is 0 Å². The third-order valence-electron chi connectivity index (χ3n) is 3.81. The van der Waals surface area contributed by atoms with E-state index < -0.39 is 11.7 Å². The zero-order chi connectivity index (χ0) is 15.6. The van der Waals surface area contributed by atoms with E-state index in [4.69, 9.17) is 4.52 Å². The SMILES string of the molecule is FC(F)(F)c1ccccc1Cc1nc(C2CCCNC2)no1. The van der Waals surface area contributed by atoms with Crippen molar-refractivity contribution in [3.8, 4) is 0 Å². The molecule has 1 unspecified atom stereocenters. The van der Waals surface area contributed by atoms with E-state index in [1.807, 2.05) is 0 Å². The zero-order valence-corrected chi connectivity index (χ0v) is 11.9. The number of aromatic nitrogens is 2. The highest BCUT2D eigenvalue weighted by atomic mass is 19.4. The van der Waals surface area contributed by atoms with Crippen molar-refractivity contribution in [2.75, 3.05) is 13.1 Å². The van der Waals surface area contributed by atoms with E-state index in [2.05, 4.69) is 15.5 Å². The molecule has 7 heteroatoms. The molecule has 0 aliphatic carbocycles.